The van der Waals surface area contributed by atoms with Crippen LogP contribution in [0.1, 0.15) is 12.0 Å². The minimum absolute atomic E-state index is 0.0333. The van der Waals surface area contributed by atoms with E-state index in [2.05, 4.69) is 4.72 Å². The number of halogens is 1. The first kappa shape index (κ1) is 15.6. The van der Waals surface area contributed by atoms with Crippen LogP contribution in [-0.4, -0.2) is 21.6 Å². The fraction of sp³-hybridized carbons (Fsp3) is 0.250. The summed E-state index contributed by atoms with van der Waals surface area (Å²) < 4.78 is 51.6. The zero-order valence-electron chi connectivity index (χ0n) is 12.5. The lowest BCUT2D eigenvalue weighted by Gasteiger charge is -2.13. The third-order valence-electron chi connectivity index (χ3n) is 3.43. The van der Waals surface area contributed by atoms with Crippen LogP contribution in [0, 0.1) is 12.7 Å². The van der Waals surface area contributed by atoms with Crippen molar-refractivity contribution in [3.63, 3.8) is 0 Å². The van der Waals surface area contributed by atoms with Crippen molar-refractivity contribution in [1.29, 1.82) is 0 Å². The highest BCUT2D eigenvalue weighted by atomic mass is 32.2. The van der Waals surface area contributed by atoms with Crippen molar-refractivity contribution < 1.29 is 22.3 Å². The SMILES string of the molecule is Cc1cc(F)ccc1S(=O)(=O)Nc1ccc2c(c1)OCCCO2. The van der Waals surface area contributed by atoms with Gasteiger partial charge in [-0.05, 0) is 42.8 Å². The summed E-state index contributed by atoms with van der Waals surface area (Å²) in [7, 11) is -3.81. The molecule has 0 fully saturated rings. The molecule has 2 aromatic carbocycles. The Hall–Kier alpha value is -2.28. The first-order valence-electron chi connectivity index (χ1n) is 7.14. The second-order valence-corrected chi connectivity index (χ2v) is 6.88. The molecule has 1 heterocycles. The molecule has 0 saturated heterocycles. The summed E-state index contributed by atoms with van der Waals surface area (Å²) in [4.78, 5) is 0.0333. The van der Waals surface area contributed by atoms with E-state index >= 15 is 0 Å². The van der Waals surface area contributed by atoms with Gasteiger partial charge >= 0.3 is 0 Å². The van der Waals surface area contributed by atoms with Crippen LogP contribution in [0.3, 0.4) is 0 Å². The van der Waals surface area contributed by atoms with Crippen LogP contribution in [0.2, 0.25) is 0 Å². The number of hydrogen-bond donors (Lipinski definition) is 1. The quantitative estimate of drug-likeness (QED) is 0.935. The van der Waals surface area contributed by atoms with Crippen LogP contribution in [-0.2, 0) is 10.0 Å². The van der Waals surface area contributed by atoms with E-state index in [9.17, 15) is 12.8 Å². The normalized spacial score (nSPS) is 14.2. The number of fused-ring (bicyclic) bond motifs is 1. The van der Waals surface area contributed by atoms with Gasteiger partial charge in [-0.2, -0.15) is 0 Å². The number of sulfonamides is 1. The van der Waals surface area contributed by atoms with E-state index in [0.29, 0.717) is 36.0 Å². The molecule has 0 bridgehead atoms. The van der Waals surface area contributed by atoms with E-state index in [1.165, 1.54) is 12.1 Å². The van der Waals surface area contributed by atoms with Crippen molar-refractivity contribution >= 4 is 15.7 Å². The molecule has 0 radical (unpaired) electrons. The maximum absolute atomic E-state index is 13.1. The Kier molecular flexibility index (Phi) is 4.12. The molecule has 23 heavy (non-hydrogen) atoms. The largest absolute Gasteiger partial charge is 0.490 e. The maximum Gasteiger partial charge on any atom is 0.262 e. The van der Waals surface area contributed by atoms with Crippen LogP contribution in [0.4, 0.5) is 10.1 Å². The Labute approximate surface area is 134 Å². The lowest BCUT2D eigenvalue weighted by atomic mass is 10.2. The maximum atomic E-state index is 13.1. The van der Waals surface area contributed by atoms with Gasteiger partial charge in [-0.25, -0.2) is 12.8 Å². The van der Waals surface area contributed by atoms with Crippen molar-refractivity contribution in [3.8, 4) is 11.5 Å². The van der Waals surface area contributed by atoms with Crippen LogP contribution in [0.5, 0.6) is 11.5 Å². The molecule has 0 saturated carbocycles. The summed E-state index contributed by atoms with van der Waals surface area (Å²) >= 11 is 0. The zero-order chi connectivity index (χ0) is 16.4. The Balaban J connectivity index is 1.90. The predicted octanol–water partition coefficient (Wildman–Crippen LogP) is 3.10. The molecule has 2 aromatic rings. The summed E-state index contributed by atoms with van der Waals surface area (Å²) in [5.74, 6) is 0.610. The summed E-state index contributed by atoms with van der Waals surface area (Å²) in [6.07, 6.45) is 0.768. The van der Waals surface area contributed by atoms with Gasteiger partial charge in [-0.3, -0.25) is 4.72 Å². The van der Waals surface area contributed by atoms with E-state index in [1.54, 1.807) is 25.1 Å². The average molecular weight is 337 g/mol. The molecule has 122 valence electrons. The first-order chi connectivity index (χ1) is 11.0. The van der Waals surface area contributed by atoms with Gasteiger partial charge in [0.15, 0.2) is 11.5 Å². The van der Waals surface area contributed by atoms with Gasteiger partial charge in [-0.15, -0.1) is 0 Å². The third kappa shape index (κ3) is 3.39. The molecule has 0 aliphatic carbocycles. The van der Waals surface area contributed by atoms with Crippen molar-refractivity contribution in [2.24, 2.45) is 0 Å². The van der Waals surface area contributed by atoms with Crippen molar-refractivity contribution in [1.82, 2.24) is 0 Å². The highest BCUT2D eigenvalue weighted by molar-refractivity contribution is 7.92. The van der Waals surface area contributed by atoms with E-state index in [0.717, 1.165) is 12.5 Å². The molecule has 0 unspecified atom stereocenters. The molecule has 1 N–H and O–H groups in total. The monoisotopic (exact) mass is 337 g/mol. The van der Waals surface area contributed by atoms with E-state index in [4.69, 9.17) is 9.47 Å². The second kappa shape index (κ2) is 6.08. The highest BCUT2D eigenvalue weighted by Crippen LogP contribution is 2.33. The fourth-order valence-electron chi connectivity index (χ4n) is 2.35. The average Bonchev–Trinajstić information content (AvgIpc) is 2.71. The number of hydrogen-bond acceptors (Lipinski definition) is 4. The van der Waals surface area contributed by atoms with Crippen molar-refractivity contribution in [3.05, 3.63) is 47.8 Å². The van der Waals surface area contributed by atoms with Gasteiger partial charge in [-0.1, -0.05) is 0 Å². The Bertz CT molecular complexity index is 836. The minimum atomic E-state index is -3.81. The topological polar surface area (TPSA) is 64.6 Å². The fourth-order valence-corrected chi connectivity index (χ4v) is 3.63. The van der Waals surface area contributed by atoms with Gasteiger partial charge in [0.05, 0.1) is 23.8 Å². The van der Waals surface area contributed by atoms with Crippen LogP contribution in [0.15, 0.2) is 41.3 Å². The number of anilines is 1. The Morgan fingerprint density at radius 1 is 1.04 bits per heavy atom. The van der Waals surface area contributed by atoms with Gasteiger partial charge in [0, 0.05) is 12.5 Å². The molecule has 1 aliphatic heterocycles. The summed E-state index contributed by atoms with van der Waals surface area (Å²) in [6.45, 7) is 2.62. The van der Waals surface area contributed by atoms with Gasteiger partial charge in [0.25, 0.3) is 10.0 Å². The number of nitrogens with one attached hydrogen (secondary N) is 1. The van der Waals surface area contributed by atoms with Gasteiger partial charge in [0.1, 0.15) is 5.82 Å². The lowest BCUT2D eigenvalue weighted by Crippen LogP contribution is -2.14. The summed E-state index contributed by atoms with van der Waals surface area (Å²) in [6, 6.07) is 8.39. The number of rotatable bonds is 3. The molecule has 0 spiro atoms. The van der Waals surface area contributed by atoms with Crippen LogP contribution >= 0.6 is 0 Å². The molecular formula is C16H16FNO4S. The second-order valence-electron chi connectivity index (χ2n) is 5.23. The Morgan fingerprint density at radius 3 is 2.52 bits per heavy atom. The zero-order valence-corrected chi connectivity index (χ0v) is 13.3. The number of benzene rings is 2. The van der Waals surface area contributed by atoms with Crippen LogP contribution in [0.25, 0.3) is 0 Å². The molecular weight excluding hydrogens is 321 g/mol. The number of ether oxygens (including phenoxy) is 2. The van der Waals surface area contributed by atoms with E-state index < -0.39 is 15.8 Å². The predicted molar refractivity (Wildman–Crippen MR) is 84.0 cm³/mol. The molecule has 5 nitrogen and oxygen atoms in total. The van der Waals surface area contributed by atoms with Crippen molar-refractivity contribution in [2.75, 3.05) is 17.9 Å². The Morgan fingerprint density at radius 2 is 1.78 bits per heavy atom. The smallest absolute Gasteiger partial charge is 0.262 e. The minimum Gasteiger partial charge on any atom is -0.490 e. The standard InChI is InChI=1S/C16H16FNO4S/c1-11-9-12(17)3-6-16(11)23(19,20)18-13-4-5-14-15(10-13)22-8-2-7-21-14/h3-6,9-10,18H,2,7-8H2,1H3. The summed E-state index contributed by atoms with van der Waals surface area (Å²) in [5, 5.41) is 0. The molecule has 0 atom stereocenters. The molecule has 3 rings (SSSR count). The van der Waals surface area contributed by atoms with Crippen molar-refractivity contribution in [2.45, 2.75) is 18.2 Å². The van der Waals surface area contributed by atoms with Gasteiger partial charge < -0.3 is 9.47 Å². The highest BCUT2D eigenvalue weighted by Gasteiger charge is 2.19. The molecule has 7 heteroatoms. The van der Waals surface area contributed by atoms with E-state index in [1.807, 2.05) is 0 Å². The summed E-state index contributed by atoms with van der Waals surface area (Å²) in [5.41, 5.74) is 0.699. The third-order valence-corrected chi connectivity index (χ3v) is 4.97. The van der Waals surface area contributed by atoms with Crippen LogP contribution < -0.4 is 14.2 Å². The van der Waals surface area contributed by atoms with Gasteiger partial charge in [0.2, 0.25) is 0 Å². The molecule has 0 amide bonds. The lowest BCUT2D eigenvalue weighted by molar-refractivity contribution is 0.297. The van der Waals surface area contributed by atoms with E-state index in [-0.39, 0.29) is 4.90 Å². The first-order valence-corrected chi connectivity index (χ1v) is 8.63. The molecule has 0 aromatic heterocycles. The number of aryl methyl sites for hydroxylation is 1. The molecule has 1 aliphatic rings.